The third-order valence-corrected chi connectivity index (χ3v) is 4.58. The average molecular weight is 305 g/mol. The number of hydrogen-bond acceptors (Lipinski definition) is 0. The lowest BCUT2D eigenvalue weighted by atomic mass is 9.95. The molecule has 128 valence electrons. The second-order valence-corrected chi connectivity index (χ2v) is 6.61. The molecule has 0 aromatic heterocycles. The van der Waals surface area contributed by atoms with E-state index in [9.17, 15) is 0 Å². The normalized spacial score (nSPS) is 12.0. The molecule has 1 unspecified atom stereocenters. The maximum atomic E-state index is 3.89. The third-order valence-electron chi connectivity index (χ3n) is 4.58. The van der Waals surface area contributed by atoms with Gasteiger partial charge < -0.3 is 0 Å². The molecule has 0 aromatic carbocycles. The van der Waals surface area contributed by atoms with Crippen LogP contribution in [0.15, 0.2) is 0 Å². The van der Waals surface area contributed by atoms with Gasteiger partial charge in [0.15, 0.2) is 0 Å². The molecule has 0 fully saturated rings. The quantitative estimate of drug-likeness (QED) is 0.216. The van der Waals surface area contributed by atoms with E-state index in [1.54, 1.807) is 0 Å². The van der Waals surface area contributed by atoms with E-state index < -0.39 is 0 Å². The van der Waals surface area contributed by atoms with Gasteiger partial charge in [0.2, 0.25) is 0 Å². The molecule has 0 saturated heterocycles. The molecule has 0 heteroatoms. The monoisotopic (exact) mass is 304 g/mol. The summed E-state index contributed by atoms with van der Waals surface area (Å²) in [5, 5.41) is 0. The van der Waals surface area contributed by atoms with Crippen molar-refractivity contribution in [3.05, 3.63) is 13.8 Å². The minimum atomic E-state index is 0.756. The summed E-state index contributed by atoms with van der Waals surface area (Å²) in [5.41, 5.74) is 0. The van der Waals surface area contributed by atoms with Crippen molar-refractivity contribution in [1.29, 1.82) is 0 Å². The Morgan fingerprint density at radius 2 is 1.18 bits per heavy atom. The van der Waals surface area contributed by atoms with Crippen LogP contribution in [0, 0.1) is 31.6 Å². The molecule has 0 aromatic rings. The van der Waals surface area contributed by atoms with E-state index in [2.05, 4.69) is 32.6 Å². The Bertz CT molecular complexity index is 255. The van der Waals surface area contributed by atoms with Crippen LogP contribution >= 0.6 is 0 Å². The predicted octanol–water partition coefficient (Wildman–Crippen LogP) is 7.54. The van der Waals surface area contributed by atoms with Crippen LogP contribution in [0.25, 0.3) is 0 Å². The van der Waals surface area contributed by atoms with Gasteiger partial charge in [-0.05, 0) is 19.3 Å². The molecule has 0 aliphatic carbocycles. The highest BCUT2D eigenvalue weighted by atomic mass is 14.1. The minimum absolute atomic E-state index is 0.756. The molecule has 0 spiro atoms. The molecule has 0 amide bonds. The lowest BCUT2D eigenvalue weighted by Crippen LogP contribution is -1.97. The van der Waals surface area contributed by atoms with E-state index in [0.29, 0.717) is 0 Å². The van der Waals surface area contributed by atoms with E-state index >= 15 is 0 Å². The first kappa shape index (κ1) is 21.6. The molecule has 0 aliphatic rings. The van der Waals surface area contributed by atoms with Gasteiger partial charge in [0.25, 0.3) is 0 Å². The van der Waals surface area contributed by atoms with Gasteiger partial charge in [0.05, 0.1) is 0 Å². The molecular formula is C22H40. The van der Waals surface area contributed by atoms with Gasteiger partial charge >= 0.3 is 0 Å². The molecule has 0 aliphatic heterocycles. The van der Waals surface area contributed by atoms with Gasteiger partial charge in [0, 0.05) is 12.8 Å². The van der Waals surface area contributed by atoms with Gasteiger partial charge in [-0.25, -0.2) is 0 Å². The van der Waals surface area contributed by atoms with Crippen LogP contribution in [-0.4, -0.2) is 0 Å². The van der Waals surface area contributed by atoms with Crippen LogP contribution in [0.5, 0.6) is 0 Å². The molecule has 0 heterocycles. The Balaban J connectivity index is 3.24. The Labute approximate surface area is 141 Å². The second kappa shape index (κ2) is 18.6. The van der Waals surface area contributed by atoms with Gasteiger partial charge in [-0.1, -0.05) is 97.3 Å². The zero-order chi connectivity index (χ0) is 16.3. The van der Waals surface area contributed by atoms with E-state index in [1.165, 1.54) is 83.5 Å². The largest absolute Gasteiger partial charge is 0.103 e. The fraction of sp³-hybridized carbons (Fsp3) is 0.818. The van der Waals surface area contributed by atoms with Crippen LogP contribution < -0.4 is 0 Å². The molecule has 0 saturated carbocycles. The molecule has 0 nitrogen and oxygen atoms in total. The minimum Gasteiger partial charge on any atom is -0.103 e. The van der Waals surface area contributed by atoms with Crippen LogP contribution in [0.4, 0.5) is 0 Å². The van der Waals surface area contributed by atoms with E-state index in [-0.39, 0.29) is 0 Å². The first-order valence-electron chi connectivity index (χ1n) is 9.89. The maximum absolute atomic E-state index is 3.89. The van der Waals surface area contributed by atoms with Crippen molar-refractivity contribution in [2.75, 3.05) is 0 Å². The fourth-order valence-electron chi connectivity index (χ4n) is 2.96. The second-order valence-electron chi connectivity index (χ2n) is 6.61. The highest BCUT2D eigenvalue weighted by Gasteiger charge is 2.03. The van der Waals surface area contributed by atoms with Gasteiger partial charge in [-0.15, -0.1) is 11.8 Å². The Morgan fingerprint density at radius 3 is 1.64 bits per heavy atom. The zero-order valence-corrected chi connectivity index (χ0v) is 15.3. The molecule has 0 N–H and O–H groups in total. The molecular weight excluding hydrogens is 264 g/mol. The summed E-state index contributed by atoms with van der Waals surface area (Å²) in [6.45, 7) is 9.96. The lowest BCUT2D eigenvalue weighted by molar-refractivity contribution is 0.445. The average Bonchev–Trinajstić information content (AvgIpc) is 2.54. The topological polar surface area (TPSA) is 0 Å². The van der Waals surface area contributed by atoms with Gasteiger partial charge in [-0.3, -0.25) is 0 Å². The molecule has 1 atom stereocenters. The SMILES string of the molecule is [CH2]CC#CCC(CC)CCCCCCCCCCCCC[CH2]. The van der Waals surface area contributed by atoms with Crippen molar-refractivity contribution in [1.82, 2.24) is 0 Å². The summed E-state index contributed by atoms with van der Waals surface area (Å²) < 4.78 is 0. The third kappa shape index (κ3) is 15.9. The number of hydrogen-bond donors (Lipinski definition) is 0. The van der Waals surface area contributed by atoms with Crippen molar-refractivity contribution in [3.8, 4) is 11.8 Å². The van der Waals surface area contributed by atoms with Gasteiger partial charge in [0.1, 0.15) is 0 Å². The number of unbranched alkanes of at least 4 members (excludes halogenated alkanes) is 11. The summed E-state index contributed by atoms with van der Waals surface area (Å²) in [7, 11) is 0. The lowest BCUT2D eigenvalue weighted by Gasteiger charge is -2.11. The summed E-state index contributed by atoms with van der Waals surface area (Å²) in [6.07, 6.45) is 21.2. The van der Waals surface area contributed by atoms with Crippen LogP contribution in [0.2, 0.25) is 0 Å². The van der Waals surface area contributed by atoms with Crippen LogP contribution in [0.3, 0.4) is 0 Å². The van der Waals surface area contributed by atoms with Crippen molar-refractivity contribution in [3.63, 3.8) is 0 Å². The molecule has 22 heavy (non-hydrogen) atoms. The van der Waals surface area contributed by atoms with Gasteiger partial charge in [-0.2, -0.15) is 0 Å². The smallest absolute Gasteiger partial charge is 0.0117 e. The fourth-order valence-corrected chi connectivity index (χ4v) is 2.96. The highest BCUT2D eigenvalue weighted by molar-refractivity contribution is 5.00. The molecule has 0 rings (SSSR count). The Hall–Kier alpha value is -0.440. The van der Waals surface area contributed by atoms with Crippen molar-refractivity contribution < 1.29 is 0 Å². The first-order valence-corrected chi connectivity index (χ1v) is 9.89. The summed E-state index contributed by atoms with van der Waals surface area (Å²) in [6, 6.07) is 0. The standard InChI is InChI=1S/C22H40/c1-4-7-9-10-11-12-13-14-15-16-17-19-21-22(6-3)20-18-8-5-2/h22H,1-2,4-7,9-17,19-21H2,3H3. The van der Waals surface area contributed by atoms with E-state index in [1.807, 2.05) is 0 Å². The summed E-state index contributed by atoms with van der Waals surface area (Å²) >= 11 is 0. The maximum Gasteiger partial charge on any atom is 0.0117 e. The van der Waals surface area contributed by atoms with Crippen LogP contribution in [0.1, 0.15) is 110 Å². The summed E-state index contributed by atoms with van der Waals surface area (Å²) in [5.74, 6) is 7.18. The van der Waals surface area contributed by atoms with E-state index in [4.69, 9.17) is 0 Å². The first-order chi connectivity index (χ1) is 10.8. The number of rotatable bonds is 15. The zero-order valence-electron chi connectivity index (χ0n) is 15.3. The summed E-state index contributed by atoms with van der Waals surface area (Å²) in [4.78, 5) is 0. The van der Waals surface area contributed by atoms with Crippen molar-refractivity contribution in [2.24, 2.45) is 5.92 Å². The van der Waals surface area contributed by atoms with Crippen molar-refractivity contribution >= 4 is 0 Å². The van der Waals surface area contributed by atoms with E-state index in [0.717, 1.165) is 25.2 Å². The molecule has 0 bridgehead atoms. The Morgan fingerprint density at radius 1 is 0.682 bits per heavy atom. The predicted molar refractivity (Wildman–Crippen MR) is 102 cm³/mol. The highest BCUT2D eigenvalue weighted by Crippen LogP contribution is 2.18. The molecule has 2 radical (unpaired) electrons. The van der Waals surface area contributed by atoms with Crippen molar-refractivity contribution in [2.45, 2.75) is 110 Å². The Kier molecular flexibility index (Phi) is 18.2. The van der Waals surface area contributed by atoms with Crippen LogP contribution in [-0.2, 0) is 0 Å².